The summed E-state index contributed by atoms with van der Waals surface area (Å²) in [4.78, 5) is 21.9. The highest BCUT2D eigenvalue weighted by atomic mass is 127. The van der Waals surface area contributed by atoms with Crippen LogP contribution in [0.2, 0.25) is 0 Å². The number of carbonyl (C=O) groups excluding carboxylic acids is 1. The minimum absolute atomic E-state index is 0.424. The van der Waals surface area contributed by atoms with Gasteiger partial charge >= 0.3 is 11.9 Å². The van der Waals surface area contributed by atoms with Crippen molar-refractivity contribution in [2.75, 3.05) is 0 Å². The molecule has 0 spiro atoms. The van der Waals surface area contributed by atoms with E-state index in [1.54, 1.807) is 52.9 Å². The Morgan fingerprint density at radius 3 is 2.27 bits per heavy atom. The summed E-state index contributed by atoms with van der Waals surface area (Å²) in [6.07, 6.45) is 0. The number of hydrogen-bond acceptors (Lipinski definition) is 3. The molecule has 1 aromatic carbocycles. The van der Waals surface area contributed by atoms with Gasteiger partial charge in [-0.15, -0.1) is 0 Å². The number of carboxylic acids is 1. The molecule has 80 valence electrons. The van der Waals surface area contributed by atoms with Crippen molar-refractivity contribution in [3.05, 3.63) is 35.9 Å². The van der Waals surface area contributed by atoms with Crippen LogP contribution in [0.1, 0.15) is 12.5 Å². The zero-order valence-electron chi connectivity index (χ0n) is 7.94. The van der Waals surface area contributed by atoms with E-state index in [0.717, 1.165) is 0 Å². The summed E-state index contributed by atoms with van der Waals surface area (Å²) in [5.74, 6) is -1.83. The lowest BCUT2D eigenvalue weighted by atomic mass is 10.1. The maximum atomic E-state index is 11.1. The average molecular weight is 320 g/mol. The number of ether oxygens (including phenoxy) is 1. The van der Waals surface area contributed by atoms with E-state index in [-0.39, 0.29) is 0 Å². The Hall–Kier alpha value is -1.11. The lowest BCUT2D eigenvalue weighted by Gasteiger charge is -2.22. The van der Waals surface area contributed by atoms with Crippen molar-refractivity contribution < 1.29 is 19.4 Å². The van der Waals surface area contributed by atoms with Crippen molar-refractivity contribution in [3.8, 4) is 0 Å². The van der Waals surface area contributed by atoms with Gasteiger partial charge in [-0.1, -0.05) is 30.3 Å². The third-order valence-electron chi connectivity index (χ3n) is 1.70. The first kappa shape index (κ1) is 12.0. The Morgan fingerprint density at radius 2 is 1.87 bits per heavy atom. The molecular weight excluding hydrogens is 311 g/mol. The van der Waals surface area contributed by atoms with E-state index in [9.17, 15) is 9.59 Å². The minimum atomic E-state index is -1.65. The van der Waals surface area contributed by atoms with Crippen LogP contribution in [0.15, 0.2) is 30.3 Å². The van der Waals surface area contributed by atoms with Gasteiger partial charge in [0.05, 0.1) is 0 Å². The van der Waals surface area contributed by atoms with E-state index in [2.05, 4.69) is 0 Å². The first-order chi connectivity index (χ1) is 6.97. The van der Waals surface area contributed by atoms with Crippen LogP contribution in [0.25, 0.3) is 0 Å². The maximum absolute atomic E-state index is 11.1. The van der Waals surface area contributed by atoms with Gasteiger partial charge in [0.15, 0.2) is 0 Å². The summed E-state index contributed by atoms with van der Waals surface area (Å²) in [7, 11) is 0. The molecule has 1 atom stereocenters. The van der Waals surface area contributed by atoms with Crippen molar-refractivity contribution in [2.24, 2.45) is 0 Å². The number of carbonyl (C=O) groups is 2. The molecule has 1 N–H and O–H groups in total. The Balaban J connectivity index is 3.13. The van der Waals surface area contributed by atoms with Crippen molar-refractivity contribution in [1.82, 2.24) is 0 Å². The summed E-state index contributed by atoms with van der Waals surface area (Å²) in [6.45, 7) is 1.18. The molecule has 0 aromatic heterocycles. The van der Waals surface area contributed by atoms with E-state index in [1.807, 2.05) is 0 Å². The molecular formula is C10H9IO4. The highest BCUT2D eigenvalue weighted by Gasteiger charge is 2.41. The highest BCUT2D eigenvalue weighted by molar-refractivity contribution is 14.1. The molecule has 0 heterocycles. The summed E-state index contributed by atoms with van der Waals surface area (Å²) in [6, 6.07) is 8.34. The fraction of sp³-hybridized carbons (Fsp3) is 0.200. The monoisotopic (exact) mass is 320 g/mol. The molecule has 0 aliphatic heterocycles. The van der Waals surface area contributed by atoms with Crippen LogP contribution in [0.4, 0.5) is 0 Å². The zero-order chi connectivity index (χ0) is 11.5. The number of rotatable bonds is 3. The number of esters is 1. The number of aliphatic carboxylic acids is 1. The smallest absolute Gasteiger partial charge is 0.363 e. The van der Waals surface area contributed by atoms with Gasteiger partial charge in [0.25, 0.3) is 3.61 Å². The van der Waals surface area contributed by atoms with Crippen molar-refractivity contribution in [3.63, 3.8) is 0 Å². The van der Waals surface area contributed by atoms with Crippen LogP contribution in [0.5, 0.6) is 0 Å². The summed E-state index contributed by atoms with van der Waals surface area (Å²) in [5.41, 5.74) is 0.424. The SMILES string of the molecule is CC(=O)OC(I)(C(=O)O)c1ccccc1. The molecule has 1 aromatic rings. The van der Waals surface area contributed by atoms with Gasteiger partial charge in [0.2, 0.25) is 0 Å². The first-order valence-electron chi connectivity index (χ1n) is 4.14. The van der Waals surface area contributed by atoms with Gasteiger partial charge in [-0.2, -0.15) is 0 Å². The Kier molecular flexibility index (Phi) is 3.67. The number of benzene rings is 1. The first-order valence-corrected chi connectivity index (χ1v) is 5.22. The molecule has 0 bridgehead atoms. The minimum Gasteiger partial charge on any atom is -0.477 e. The second kappa shape index (κ2) is 4.61. The number of hydrogen-bond donors (Lipinski definition) is 1. The van der Waals surface area contributed by atoms with Crippen molar-refractivity contribution >= 4 is 34.5 Å². The second-order valence-electron chi connectivity index (χ2n) is 2.86. The molecule has 4 nitrogen and oxygen atoms in total. The Labute approximate surface area is 100 Å². The Morgan fingerprint density at radius 1 is 1.33 bits per heavy atom. The molecule has 0 fully saturated rings. The third-order valence-corrected chi connectivity index (χ3v) is 3.01. The standard InChI is InChI=1S/C10H9IO4/c1-7(12)15-10(11,9(13)14)8-5-3-2-4-6-8/h2-6H,1H3,(H,13,14). The largest absolute Gasteiger partial charge is 0.477 e. The van der Waals surface area contributed by atoms with Crippen LogP contribution in [-0.2, 0) is 17.9 Å². The summed E-state index contributed by atoms with van der Waals surface area (Å²) in [5, 5.41) is 9.05. The molecule has 0 aliphatic rings. The summed E-state index contributed by atoms with van der Waals surface area (Å²) >= 11 is 1.60. The normalized spacial score (nSPS) is 14.0. The van der Waals surface area contributed by atoms with Crippen LogP contribution in [-0.4, -0.2) is 17.0 Å². The van der Waals surface area contributed by atoms with Gasteiger partial charge in [-0.05, 0) is 22.6 Å². The zero-order valence-corrected chi connectivity index (χ0v) is 10.1. The third kappa shape index (κ3) is 2.68. The second-order valence-corrected chi connectivity index (χ2v) is 4.38. The predicted octanol–water partition coefficient (Wildman–Crippen LogP) is 1.92. The van der Waals surface area contributed by atoms with Gasteiger partial charge < -0.3 is 9.84 Å². The molecule has 0 amide bonds. The van der Waals surface area contributed by atoms with Gasteiger partial charge in [0.1, 0.15) is 0 Å². The van der Waals surface area contributed by atoms with Crippen molar-refractivity contribution in [1.29, 1.82) is 0 Å². The molecule has 5 heteroatoms. The van der Waals surface area contributed by atoms with Crippen LogP contribution in [0, 0.1) is 0 Å². The highest BCUT2D eigenvalue weighted by Crippen LogP contribution is 2.33. The van der Waals surface area contributed by atoms with Crippen LogP contribution in [0.3, 0.4) is 0 Å². The summed E-state index contributed by atoms with van der Waals surface area (Å²) < 4.78 is 3.19. The van der Waals surface area contributed by atoms with E-state index in [1.165, 1.54) is 6.92 Å². The van der Waals surface area contributed by atoms with Crippen molar-refractivity contribution in [2.45, 2.75) is 10.5 Å². The van der Waals surface area contributed by atoms with E-state index < -0.39 is 15.5 Å². The predicted molar refractivity (Wildman–Crippen MR) is 61.5 cm³/mol. The fourth-order valence-electron chi connectivity index (χ4n) is 1.08. The van der Waals surface area contributed by atoms with Gasteiger partial charge in [-0.3, -0.25) is 4.79 Å². The number of halogens is 1. The topological polar surface area (TPSA) is 63.6 Å². The molecule has 0 saturated heterocycles. The number of alkyl halides is 1. The lowest BCUT2D eigenvalue weighted by molar-refractivity contribution is -0.165. The van der Waals surface area contributed by atoms with E-state index in [4.69, 9.17) is 9.84 Å². The van der Waals surface area contributed by atoms with E-state index in [0.29, 0.717) is 5.56 Å². The van der Waals surface area contributed by atoms with Crippen LogP contribution >= 0.6 is 22.6 Å². The van der Waals surface area contributed by atoms with Gasteiger partial charge in [0, 0.05) is 12.5 Å². The number of carboxylic acid groups (broad SMARTS) is 1. The maximum Gasteiger partial charge on any atom is 0.363 e. The van der Waals surface area contributed by atoms with Crippen LogP contribution < -0.4 is 0 Å². The lowest BCUT2D eigenvalue weighted by Crippen LogP contribution is -2.33. The molecule has 1 unspecified atom stereocenters. The molecule has 15 heavy (non-hydrogen) atoms. The average Bonchev–Trinajstić information content (AvgIpc) is 2.17. The quantitative estimate of drug-likeness (QED) is 0.525. The molecule has 0 aliphatic carbocycles. The molecule has 0 saturated carbocycles. The van der Waals surface area contributed by atoms with E-state index >= 15 is 0 Å². The van der Waals surface area contributed by atoms with Gasteiger partial charge in [-0.25, -0.2) is 4.79 Å². The Bertz CT molecular complexity index is 376. The fourth-order valence-corrected chi connectivity index (χ4v) is 1.75. The molecule has 1 rings (SSSR count). The molecule has 0 radical (unpaired) electrons.